The summed E-state index contributed by atoms with van der Waals surface area (Å²) in [4.78, 5) is 15.7. The molecule has 1 atom stereocenters. The Bertz CT molecular complexity index is 1570. The second kappa shape index (κ2) is 10.7. The molecule has 1 aliphatic heterocycles. The maximum Gasteiger partial charge on any atom is 0.326 e. The predicted octanol–water partition coefficient (Wildman–Crippen LogP) is 2.93. The number of nitrogens with one attached hydrogen (secondary N) is 1. The van der Waals surface area contributed by atoms with Crippen molar-refractivity contribution in [3.05, 3.63) is 71.9 Å². The van der Waals surface area contributed by atoms with Crippen LogP contribution in [0.2, 0.25) is 0 Å². The zero-order chi connectivity index (χ0) is 27.6. The van der Waals surface area contributed by atoms with Crippen LogP contribution in [0.5, 0.6) is 23.1 Å². The highest BCUT2D eigenvalue weighted by atomic mass is 32.2. The molecular weight excluding hydrogens is 546 g/mol. The lowest BCUT2D eigenvalue weighted by atomic mass is 10.1. The monoisotopic (exact) mass is 573 g/mol. The van der Waals surface area contributed by atoms with Crippen LogP contribution in [0.4, 0.5) is 5.69 Å². The van der Waals surface area contributed by atoms with Crippen molar-refractivity contribution in [3.63, 3.8) is 0 Å². The standard InChI is InChI=1S/C26H27N3O8S2/c1-38(31,32)15-3-14-35-26-13-10-20(16-27-26)37-23-5-2-4-21-22(23)11-12-24(21)36-19-8-6-18(7-9-19)29-17-25(30)28-39(29,33)34/h2,4-10,13,16,24H,3,11-12,14-15,17H2,1H3,(H,28,30)/t24-/m1/s1. The van der Waals surface area contributed by atoms with Crippen LogP contribution in [0, 0.1) is 0 Å². The third-order valence-electron chi connectivity index (χ3n) is 6.24. The maximum atomic E-state index is 12.1. The van der Waals surface area contributed by atoms with Crippen molar-refractivity contribution in [2.45, 2.75) is 25.4 Å². The van der Waals surface area contributed by atoms with Crippen LogP contribution in [0.3, 0.4) is 0 Å². The number of rotatable bonds is 10. The molecule has 1 N–H and O–H groups in total. The van der Waals surface area contributed by atoms with E-state index >= 15 is 0 Å². The molecule has 1 amide bonds. The Labute approximate surface area is 226 Å². The van der Waals surface area contributed by atoms with E-state index in [-0.39, 0.29) is 25.0 Å². The van der Waals surface area contributed by atoms with Crippen LogP contribution in [-0.4, -0.2) is 52.9 Å². The Morgan fingerprint density at radius 3 is 2.51 bits per heavy atom. The van der Waals surface area contributed by atoms with Crippen LogP contribution < -0.4 is 23.2 Å². The average Bonchev–Trinajstić information content (AvgIpc) is 3.42. The number of carbonyl (C=O) groups is 1. The first kappa shape index (κ1) is 26.8. The maximum absolute atomic E-state index is 12.1. The summed E-state index contributed by atoms with van der Waals surface area (Å²) >= 11 is 0. The fourth-order valence-electron chi connectivity index (χ4n) is 4.47. The molecule has 1 saturated heterocycles. The van der Waals surface area contributed by atoms with Crippen LogP contribution in [0.15, 0.2) is 60.8 Å². The van der Waals surface area contributed by atoms with E-state index in [1.54, 1.807) is 42.6 Å². The SMILES string of the molecule is CS(=O)(=O)CCCOc1ccc(Oc2cccc3c2CC[C@H]3Oc2ccc(N3CC(=O)NS3(=O)=O)cc2)cn1. The number of amides is 1. The molecule has 1 fully saturated rings. The summed E-state index contributed by atoms with van der Waals surface area (Å²) in [5, 5.41) is 0. The van der Waals surface area contributed by atoms with Crippen molar-refractivity contribution in [1.29, 1.82) is 0 Å². The zero-order valence-electron chi connectivity index (χ0n) is 21.1. The highest BCUT2D eigenvalue weighted by Gasteiger charge is 2.34. The predicted molar refractivity (Wildman–Crippen MR) is 143 cm³/mol. The third kappa shape index (κ3) is 6.42. The quantitative estimate of drug-likeness (QED) is 0.362. The molecule has 0 saturated carbocycles. The van der Waals surface area contributed by atoms with E-state index in [2.05, 4.69) is 4.98 Å². The molecule has 0 bridgehead atoms. The van der Waals surface area contributed by atoms with Gasteiger partial charge in [0.1, 0.15) is 39.7 Å². The van der Waals surface area contributed by atoms with E-state index in [0.29, 0.717) is 35.2 Å². The van der Waals surface area contributed by atoms with Crippen molar-refractivity contribution in [1.82, 2.24) is 9.71 Å². The number of benzene rings is 2. The van der Waals surface area contributed by atoms with Gasteiger partial charge in [-0.25, -0.2) is 22.4 Å². The molecule has 0 radical (unpaired) electrons. The second-order valence-electron chi connectivity index (χ2n) is 9.27. The highest BCUT2D eigenvalue weighted by molar-refractivity contribution is 7.92. The molecule has 13 heteroatoms. The minimum atomic E-state index is -3.86. The van der Waals surface area contributed by atoms with Gasteiger partial charge in [-0.3, -0.25) is 4.79 Å². The Morgan fingerprint density at radius 2 is 1.85 bits per heavy atom. The molecule has 206 valence electrons. The fourth-order valence-corrected chi connectivity index (χ4v) is 6.26. The van der Waals surface area contributed by atoms with Crippen molar-refractivity contribution in [3.8, 4) is 23.1 Å². The first-order chi connectivity index (χ1) is 18.6. The molecule has 3 aromatic rings. The molecule has 0 spiro atoms. The summed E-state index contributed by atoms with van der Waals surface area (Å²) in [5.41, 5.74) is 2.42. The van der Waals surface area contributed by atoms with Gasteiger partial charge in [0.15, 0.2) is 0 Å². The van der Waals surface area contributed by atoms with Crippen LogP contribution >= 0.6 is 0 Å². The third-order valence-corrected chi connectivity index (χ3v) is 8.68. The van der Waals surface area contributed by atoms with Gasteiger partial charge in [-0.15, -0.1) is 0 Å². The fraction of sp³-hybridized carbons (Fsp3) is 0.308. The molecule has 1 aromatic heterocycles. The van der Waals surface area contributed by atoms with Gasteiger partial charge in [-0.05, 0) is 61.2 Å². The van der Waals surface area contributed by atoms with Gasteiger partial charge in [0.2, 0.25) is 5.88 Å². The van der Waals surface area contributed by atoms with E-state index in [9.17, 15) is 21.6 Å². The number of pyridine rings is 1. The first-order valence-electron chi connectivity index (χ1n) is 12.2. The van der Waals surface area contributed by atoms with E-state index in [1.165, 1.54) is 6.26 Å². The lowest BCUT2D eigenvalue weighted by Gasteiger charge is -2.18. The molecule has 2 heterocycles. The first-order valence-corrected chi connectivity index (χ1v) is 15.7. The minimum Gasteiger partial charge on any atom is -0.486 e. The molecule has 1 aliphatic carbocycles. The van der Waals surface area contributed by atoms with Gasteiger partial charge in [0.25, 0.3) is 5.91 Å². The number of aromatic nitrogens is 1. The molecular formula is C26H27N3O8S2. The molecule has 39 heavy (non-hydrogen) atoms. The molecule has 2 aliphatic rings. The Morgan fingerprint density at radius 1 is 1.08 bits per heavy atom. The lowest BCUT2D eigenvalue weighted by Crippen LogP contribution is -2.29. The number of anilines is 1. The molecule has 0 unspecified atom stereocenters. The van der Waals surface area contributed by atoms with Gasteiger partial charge in [0.05, 0.1) is 24.2 Å². The van der Waals surface area contributed by atoms with E-state index in [0.717, 1.165) is 28.3 Å². The summed E-state index contributed by atoms with van der Waals surface area (Å²) in [6.45, 7) is 0.00277. The van der Waals surface area contributed by atoms with Crippen molar-refractivity contribution >= 4 is 31.6 Å². The largest absolute Gasteiger partial charge is 0.486 e. The van der Waals surface area contributed by atoms with Crippen molar-refractivity contribution in [2.75, 3.05) is 29.5 Å². The van der Waals surface area contributed by atoms with Crippen molar-refractivity contribution in [2.24, 2.45) is 0 Å². The summed E-state index contributed by atoms with van der Waals surface area (Å²) < 4.78 is 67.3. The number of fused-ring (bicyclic) bond motifs is 1. The summed E-state index contributed by atoms with van der Waals surface area (Å²) in [7, 11) is -6.88. The molecule has 5 rings (SSSR count). The Hall–Kier alpha value is -3.84. The zero-order valence-corrected chi connectivity index (χ0v) is 22.7. The van der Waals surface area contributed by atoms with Gasteiger partial charge in [0, 0.05) is 17.9 Å². The number of sulfone groups is 1. The Balaban J connectivity index is 1.21. The van der Waals surface area contributed by atoms with Crippen LogP contribution in [0.1, 0.15) is 30.1 Å². The summed E-state index contributed by atoms with van der Waals surface area (Å²) in [6, 6.07) is 15.8. The van der Waals surface area contributed by atoms with E-state index in [1.807, 2.05) is 22.9 Å². The van der Waals surface area contributed by atoms with Crippen LogP contribution in [0.25, 0.3) is 0 Å². The number of hydrogen-bond acceptors (Lipinski definition) is 9. The molecule has 2 aromatic carbocycles. The van der Waals surface area contributed by atoms with Gasteiger partial charge in [-0.1, -0.05) is 12.1 Å². The normalized spacial score (nSPS) is 17.9. The topological polar surface area (TPSA) is 141 Å². The van der Waals surface area contributed by atoms with Crippen molar-refractivity contribution < 1.29 is 35.8 Å². The number of ether oxygens (including phenoxy) is 3. The number of hydrogen-bond donors (Lipinski definition) is 1. The number of nitrogens with zero attached hydrogens (tertiary/aromatic N) is 2. The van der Waals surface area contributed by atoms with E-state index in [4.69, 9.17) is 14.2 Å². The summed E-state index contributed by atoms with van der Waals surface area (Å²) in [6.07, 6.45) is 4.44. The molecule has 11 nitrogen and oxygen atoms in total. The smallest absolute Gasteiger partial charge is 0.326 e. The summed E-state index contributed by atoms with van der Waals surface area (Å²) in [5.74, 6) is 1.70. The van der Waals surface area contributed by atoms with Gasteiger partial charge in [-0.2, -0.15) is 8.42 Å². The Kier molecular flexibility index (Phi) is 7.36. The van der Waals surface area contributed by atoms with Gasteiger partial charge < -0.3 is 14.2 Å². The average molecular weight is 574 g/mol. The lowest BCUT2D eigenvalue weighted by molar-refractivity contribution is -0.117. The minimum absolute atomic E-state index is 0.0616. The highest BCUT2D eigenvalue weighted by Crippen LogP contribution is 2.41. The van der Waals surface area contributed by atoms with Gasteiger partial charge >= 0.3 is 10.2 Å². The van der Waals surface area contributed by atoms with E-state index < -0.39 is 26.0 Å². The second-order valence-corrected chi connectivity index (χ2v) is 13.1. The number of carbonyl (C=O) groups excluding carboxylic acids is 1. The van der Waals surface area contributed by atoms with Crippen LogP contribution in [-0.2, 0) is 31.3 Å².